The molecule has 3 N–H and O–H groups in total. The molecule has 0 aliphatic heterocycles. The van der Waals surface area contributed by atoms with Gasteiger partial charge in [0.05, 0.1) is 0 Å². The van der Waals surface area contributed by atoms with Gasteiger partial charge in [0, 0.05) is 19.1 Å². The van der Waals surface area contributed by atoms with E-state index in [1.807, 2.05) is 0 Å². The molecular weight excluding hydrogens is 184 g/mol. The van der Waals surface area contributed by atoms with Crippen molar-refractivity contribution in [2.24, 2.45) is 11.7 Å². The molecule has 1 aromatic rings. The predicted octanol–water partition coefficient (Wildman–Crippen LogP) is 2.03. The average molecular weight is 204 g/mol. The molecule has 15 heavy (non-hydrogen) atoms. The molecule has 0 heterocycles. The zero-order chi connectivity index (χ0) is 10.7. The lowest BCUT2D eigenvalue weighted by Gasteiger charge is -2.04. The van der Waals surface area contributed by atoms with Crippen LogP contribution in [0.2, 0.25) is 0 Å². The van der Waals surface area contributed by atoms with Crippen molar-refractivity contribution in [2.45, 2.75) is 38.9 Å². The fourth-order valence-electron chi connectivity index (χ4n) is 1.99. The third-order valence-electron chi connectivity index (χ3n) is 3.27. The van der Waals surface area contributed by atoms with Gasteiger partial charge in [-0.1, -0.05) is 37.6 Å². The van der Waals surface area contributed by atoms with E-state index in [2.05, 4.69) is 36.5 Å². The monoisotopic (exact) mass is 204 g/mol. The van der Waals surface area contributed by atoms with Gasteiger partial charge in [0.25, 0.3) is 0 Å². The van der Waals surface area contributed by atoms with E-state index in [1.165, 1.54) is 24.0 Å². The van der Waals surface area contributed by atoms with E-state index in [9.17, 15) is 0 Å². The van der Waals surface area contributed by atoms with E-state index >= 15 is 0 Å². The topological polar surface area (TPSA) is 38.0 Å². The van der Waals surface area contributed by atoms with Gasteiger partial charge >= 0.3 is 0 Å². The molecule has 0 radical (unpaired) electrons. The van der Waals surface area contributed by atoms with Crippen LogP contribution >= 0.6 is 0 Å². The van der Waals surface area contributed by atoms with Crippen molar-refractivity contribution >= 4 is 0 Å². The molecule has 0 bridgehead atoms. The molecule has 0 saturated heterocycles. The molecule has 1 aromatic carbocycles. The molecule has 2 nitrogen and oxygen atoms in total. The second kappa shape index (κ2) is 4.77. The maximum absolute atomic E-state index is 5.55. The largest absolute Gasteiger partial charge is 0.326 e. The summed E-state index contributed by atoms with van der Waals surface area (Å²) in [6.45, 7) is 3.89. The standard InChI is InChI=1S/C13H20N2/c1-2-12-7-13(12)15-9-11-5-3-10(8-14)4-6-11/h3-6,12-13,15H,2,7-9,14H2,1H3. The summed E-state index contributed by atoms with van der Waals surface area (Å²) in [5, 5.41) is 3.58. The van der Waals surface area contributed by atoms with Crippen molar-refractivity contribution in [1.29, 1.82) is 0 Å². The van der Waals surface area contributed by atoms with Crippen LogP contribution in [-0.2, 0) is 13.1 Å². The van der Waals surface area contributed by atoms with Gasteiger partial charge in [-0.25, -0.2) is 0 Å². The molecule has 0 aromatic heterocycles. The summed E-state index contributed by atoms with van der Waals surface area (Å²) in [4.78, 5) is 0. The van der Waals surface area contributed by atoms with Crippen LogP contribution in [0, 0.1) is 5.92 Å². The normalized spacial score (nSPS) is 24.1. The quantitative estimate of drug-likeness (QED) is 0.770. The summed E-state index contributed by atoms with van der Waals surface area (Å²) in [5.74, 6) is 0.924. The van der Waals surface area contributed by atoms with Crippen molar-refractivity contribution in [2.75, 3.05) is 0 Å². The number of rotatable bonds is 5. The average Bonchev–Trinajstić information content (AvgIpc) is 3.06. The third-order valence-corrected chi connectivity index (χ3v) is 3.27. The first-order valence-corrected chi connectivity index (χ1v) is 5.84. The molecule has 82 valence electrons. The highest BCUT2D eigenvalue weighted by molar-refractivity contribution is 5.22. The number of hydrogen-bond acceptors (Lipinski definition) is 2. The summed E-state index contributed by atoms with van der Waals surface area (Å²) < 4.78 is 0. The second-order valence-electron chi connectivity index (χ2n) is 4.41. The van der Waals surface area contributed by atoms with Crippen molar-refractivity contribution in [3.8, 4) is 0 Å². The Labute approximate surface area is 91.9 Å². The van der Waals surface area contributed by atoms with Gasteiger partial charge in [0.2, 0.25) is 0 Å². The number of benzene rings is 1. The minimum absolute atomic E-state index is 0.633. The van der Waals surface area contributed by atoms with Crippen molar-refractivity contribution in [3.05, 3.63) is 35.4 Å². The SMILES string of the molecule is CCC1CC1NCc1ccc(CN)cc1. The van der Waals surface area contributed by atoms with E-state index in [0.717, 1.165) is 18.5 Å². The predicted molar refractivity (Wildman–Crippen MR) is 63.4 cm³/mol. The lowest BCUT2D eigenvalue weighted by molar-refractivity contribution is 0.623. The highest BCUT2D eigenvalue weighted by atomic mass is 15.0. The summed E-state index contributed by atoms with van der Waals surface area (Å²) in [7, 11) is 0. The van der Waals surface area contributed by atoms with E-state index in [0.29, 0.717) is 6.54 Å². The molecule has 1 saturated carbocycles. The smallest absolute Gasteiger partial charge is 0.0208 e. The zero-order valence-electron chi connectivity index (χ0n) is 9.37. The lowest BCUT2D eigenvalue weighted by Crippen LogP contribution is -2.17. The lowest BCUT2D eigenvalue weighted by atomic mass is 10.1. The minimum Gasteiger partial charge on any atom is -0.326 e. The number of nitrogens with one attached hydrogen (secondary N) is 1. The molecule has 2 heteroatoms. The highest BCUT2D eigenvalue weighted by Crippen LogP contribution is 2.33. The molecule has 2 rings (SSSR count). The first-order chi connectivity index (χ1) is 7.33. The Morgan fingerprint density at radius 3 is 2.47 bits per heavy atom. The molecule has 1 aliphatic rings. The van der Waals surface area contributed by atoms with Crippen molar-refractivity contribution in [1.82, 2.24) is 5.32 Å². The van der Waals surface area contributed by atoms with Gasteiger partial charge in [-0.3, -0.25) is 0 Å². The van der Waals surface area contributed by atoms with E-state index in [4.69, 9.17) is 5.73 Å². The highest BCUT2D eigenvalue weighted by Gasteiger charge is 2.34. The summed E-state index contributed by atoms with van der Waals surface area (Å²) in [6.07, 6.45) is 2.67. The minimum atomic E-state index is 0.633. The van der Waals surface area contributed by atoms with Crippen LogP contribution in [0.5, 0.6) is 0 Å². The van der Waals surface area contributed by atoms with Crippen LogP contribution in [0.4, 0.5) is 0 Å². The summed E-state index contributed by atoms with van der Waals surface area (Å²) in [5.41, 5.74) is 8.11. The van der Waals surface area contributed by atoms with Crippen LogP contribution in [0.15, 0.2) is 24.3 Å². The molecule has 0 amide bonds. The van der Waals surface area contributed by atoms with Gasteiger partial charge in [0.15, 0.2) is 0 Å². The summed E-state index contributed by atoms with van der Waals surface area (Å²) in [6, 6.07) is 9.32. The van der Waals surface area contributed by atoms with Gasteiger partial charge in [0.1, 0.15) is 0 Å². The van der Waals surface area contributed by atoms with Crippen LogP contribution in [-0.4, -0.2) is 6.04 Å². The van der Waals surface area contributed by atoms with Crippen LogP contribution < -0.4 is 11.1 Å². The number of nitrogens with two attached hydrogens (primary N) is 1. The van der Waals surface area contributed by atoms with Gasteiger partial charge in [-0.05, 0) is 23.5 Å². The van der Waals surface area contributed by atoms with Crippen LogP contribution in [0.25, 0.3) is 0 Å². The van der Waals surface area contributed by atoms with Gasteiger partial charge in [-0.15, -0.1) is 0 Å². The van der Waals surface area contributed by atoms with E-state index in [1.54, 1.807) is 0 Å². The third kappa shape index (κ3) is 2.80. The Hall–Kier alpha value is -0.860. The Kier molecular flexibility index (Phi) is 3.39. The van der Waals surface area contributed by atoms with E-state index in [-0.39, 0.29) is 0 Å². The van der Waals surface area contributed by atoms with Gasteiger partial charge < -0.3 is 11.1 Å². The molecule has 1 aliphatic carbocycles. The maximum Gasteiger partial charge on any atom is 0.0208 e. The van der Waals surface area contributed by atoms with Gasteiger partial charge in [-0.2, -0.15) is 0 Å². The van der Waals surface area contributed by atoms with Crippen LogP contribution in [0.3, 0.4) is 0 Å². The van der Waals surface area contributed by atoms with E-state index < -0.39 is 0 Å². The first-order valence-electron chi connectivity index (χ1n) is 5.84. The molecule has 1 fully saturated rings. The molecular formula is C13H20N2. The first kappa shape index (κ1) is 10.7. The Morgan fingerprint density at radius 2 is 1.93 bits per heavy atom. The Bertz CT molecular complexity index is 305. The molecule has 2 unspecified atom stereocenters. The van der Waals surface area contributed by atoms with Crippen LogP contribution in [0.1, 0.15) is 30.9 Å². The molecule has 2 atom stereocenters. The van der Waals surface area contributed by atoms with Crippen molar-refractivity contribution in [3.63, 3.8) is 0 Å². The fraction of sp³-hybridized carbons (Fsp3) is 0.538. The fourth-order valence-corrected chi connectivity index (χ4v) is 1.99. The second-order valence-corrected chi connectivity index (χ2v) is 4.41. The Balaban J connectivity index is 1.79. The maximum atomic E-state index is 5.55. The Morgan fingerprint density at radius 1 is 1.27 bits per heavy atom. The zero-order valence-corrected chi connectivity index (χ0v) is 9.37. The summed E-state index contributed by atoms with van der Waals surface area (Å²) >= 11 is 0. The van der Waals surface area contributed by atoms with Crippen molar-refractivity contribution < 1.29 is 0 Å². The number of hydrogen-bond donors (Lipinski definition) is 2. The molecule has 0 spiro atoms.